The van der Waals surface area contributed by atoms with Crippen molar-refractivity contribution >= 4 is 46.2 Å². The van der Waals surface area contributed by atoms with Gasteiger partial charge in [0.05, 0.1) is 22.3 Å². The number of carbonyl (C=O) groups excluding carboxylic acids is 2. The summed E-state index contributed by atoms with van der Waals surface area (Å²) in [6, 6.07) is 10.3. The standard InChI is InChI=1S/C22H21ClN4O3S/c1-12-4-3-5-18(13(12)2)27-20(29)16-9-6-14(23)10-17(16)25-22(27)31-11-19(28)26-21(30)24-15-7-8-15/h3-6,9-10,15H,7-8,11H2,1-2H3,(H2,24,26,28,30). The van der Waals surface area contributed by atoms with Gasteiger partial charge >= 0.3 is 6.03 Å². The highest BCUT2D eigenvalue weighted by Crippen LogP contribution is 2.25. The SMILES string of the molecule is Cc1cccc(-n2c(SCC(=O)NC(=O)NC3CC3)nc3cc(Cl)ccc3c2=O)c1C. The van der Waals surface area contributed by atoms with Gasteiger partial charge < -0.3 is 5.32 Å². The number of benzene rings is 2. The Labute approximate surface area is 188 Å². The maximum atomic E-state index is 13.4. The van der Waals surface area contributed by atoms with E-state index >= 15 is 0 Å². The van der Waals surface area contributed by atoms with Crippen LogP contribution < -0.4 is 16.2 Å². The molecule has 0 unspecified atom stereocenters. The van der Waals surface area contributed by atoms with Crippen LogP contribution in [0.1, 0.15) is 24.0 Å². The van der Waals surface area contributed by atoms with E-state index in [1.807, 2.05) is 32.0 Å². The number of halogens is 1. The third kappa shape index (κ3) is 4.75. The summed E-state index contributed by atoms with van der Waals surface area (Å²) in [5.74, 6) is -0.530. The number of aryl methyl sites for hydroxylation is 1. The zero-order valence-corrected chi connectivity index (χ0v) is 18.6. The Bertz CT molecular complexity index is 1250. The zero-order chi connectivity index (χ0) is 22.1. The van der Waals surface area contributed by atoms with E-state index in [4.69, 9.17) is 11.6 Å². The van der Waals surface area contributed by atoms with Crippen molar-refractivity contribution in [2.75, 3.05) is 5.75 Å². The highest BCUT2D eigenvalue weighted by atomic mass is 35.5. The monoisotopic (exact) mass is 456 g/mol. The van der Waals surface area contributed by atoms with Crippen LogP contribution in [0.25, 0.3) is 16.6 Å². The van der Waals surface area contributed by atoms with Crippen LogP contribution in [-0.4, -0.2) is 33.3 Å². The van der Waals surface area contributed by atoms with E-state index in [9.17, 15) is 14.4 Å². The molecule has 1 aliphatic carbocycles. The summed E-state index contributed by atoms with van der Waals surface area (Å²) in [5.41, 5.74) is 2.88. The molecule has 3 aromatic rings. The van der Waals surface area contributed by atoms with Crippen molar-refractivity contribution in [3.63, 3.8) is 0 Å². The molecule has 3 amide bonds. The lowest BCUT2D eigenvalue weighted by Crippen LogP contribution is -2.41. The second kappa shape index (κ2) is 8.72. The molecule has 31 heavy (non-hydrogen) atoms. The predicted octanol–water partition coefficient (Wildman–Crippen LogP) is 3.74. The number of nitrogens with zero attached hydrogens (tertiary/aromatic N) is 2. The molecular weight excluding hydrogens is 436 g/mol. The Kier molecular flexibility index (Phi) is 6.02. The van der Waals surface area contributed by atoms with Crippen LogP contribution >= 0.6 is 23.4 Å². The minimum Gasteiger partial charge on any atom is -0.335 e. The average Bonchev–Trinajstić information content (AvgIpc) is 3.52. The number of carbonyl (C=O) groups is 2. The van der Waals surface area contributed by atoms with Gasteiger partial charge in [0, 0.05) is 11.1 Å². The first kappa shape index (κ1) is 21.4. The van der Waals surface area contributed by atoms with Crippen LogP contribution in [0.2, 0.25) is 5.02 Å². The number of amides is 3. The van der Waals surface area contributed by atoms with Crippen molar-refractivity contribution in [2.24, 2.45) is 0 Å². The van der Waals surface area contributed by atoms with Crippen molar-refractivity contribution in [3.05, 3.63) is 62.9 Å². The molecule has 4 rings (SSSR count). The molecule has 0 saturated heterocycles. The molecule has 1 heterocycles. The summed E-state index contributed by atoms with van der Waals surface area (Å²) < 4.78 is 1.51. The van der Waals surface area contributed by atoms with Crippen LogP contribution in [-0.2, 0) is 4.79 Å². The average molecular weight is 457 g/mol. The van der Waals surface area contributed by atoms with E-state index in [1.165, 1.54) is 4.57 Å². The number of hydrogen-bond acceptors (Lipinski definition) is 5. The molecule has 7 nitrogen and oxygen atoms in total. The molecule has 1 saturated carbocycles. The fraction of sp³-hybridized carbons (Fsp3) is 0.273. The fourth-order valence-corrected chi connectivity index (χ4v) is 4.14. The van der Waals surface area contributed by atoms with Crippen LogP contribution in [0.3, 0.4) is 0 Å². The first-order valence-electron chi connectivity index (χ1n) is 9.85. The van der Waals surface area contributed by atoms with Gasteiger partial charge in [0.25, 0.3) is 5.56 Å². The number of rotatable bonds is 5. The van der Waals surface area contributed by atoms with Gasteiger partial charge in [-0.1, -0.05) is 35.5 Å². The molecular formula is C22H21ClN4O3S. The molecule has 9 heteroatoms. The molecule has 0 aliphatic heterocycles. The highest BCUT2D eigenvalue weighted by Gasteiger charge is 2.24. The lowest BCUT2D eigenvalue weighted by Gasteiger charge is -2.16. The number of fused-ring (bicyclic) bond motifs is 1. The predicted molar refractivity (Wildman–Crippen MR) is 122 cm³/mol. The zero-order valence-electron chi connectivity index (χ0n) is 17.1. The first-order chi connectivity index (χ1) is 14.8. The third-order valence-electron chi connectivity index (χ3n) is 5.12. The number of imide groups is 1. The molecule has 1 aromatic heterocycles. The van der Waals surface area contributed by atoms with Gasteiger partial charge in [-0.25, -0.2) is 9.78 Å². The number of urea groups is 1. The van der Waals surface area contributed by atoms with Gasteiger partial charge in [-0.3, -0.25) is 19.5 Å². The topological polar surface area (TPSA) is 93.1 Å². The van der Waals surface area contributed by atoms with Crippen molar-refractivity contribution in [1.29, 1.82) is 0 Å². The van der Waals surface area contributed by atoms with Gasteiger partial charge in [0.2, 0.25) is 5.91 Å². The van der Waals surface area contributed by atoms with Gasteiger partial charge in [-0.2, -0.15) is 0 Å². The van der Waals surface area contributed by atoms with E-state index in [2.05, 4.69) is 15.6 Å². The molecule has 160 valence electrons. The van der Waals surface area contributed by atoms with Gasteiger partial charge in [0.15, 0.2) is 5.16 Å². The Morgan fingerprint density at radius 3 is 2.74 bits per heavy atom. The van der Waals surface area contributed by atoms with E-state index in [0.717, 1.165) is 35.7 Å². The maximum Gasteiger partial charge on any atom is 0.321 e. The fourth-order valence-electron chi connectivity index (χ4n) is 3.17. The quantitative estimate of drug-likeness (QED) is 0.450. The van der Waals surface area contributed by atoms with Gasteiger partial charge in [-0.15, -0.1) is 0 Å². The summed E-state index contributed by atoms with van der Waals surface area (Å²) in [5, 5.41) is 6.28. The lowest BCUT2D eigenvalue weighted by molar-refractivity contribution is -0.117. The van der Waals surface area contributed by atoms with E-state index < -0.39 is 11.9 Å². The summed E-state index contributed by atoms with van der Waals surface area (Å²) in [4.78, 5) is 42.1. The smallest absolute Gasteiger partial charge is 0.321 e. The number of nitrogens with one attached hydrogen (secondary N) is 2. The molecule has 0 radical (unpaired) electrons. The van der Waals surface area contributed by atoms with Crippen LogP contribution in [0.4, 0.5) is 4.79 Å². The summed E-state index contributed by atoms with van der Waals surface area (Å²) in [7, 11) is 0. The second-order valence-electron chi connectivity index (χ2n) is 7.50. The molecule has 2 N–H and O–H groups in total. The van der Waals surface area contributed by atoms with Crippen LogP contribution in [0.5, 0.6) is 0 Å². The van der Waals surface area contributed by atoms with Crippen molar-refractivity contribution in [2.45, 2.75) is 37.9 Å². The van der Waals surface area contributed by atoms with Gasteiger partial charge in [-0.05, 0) is 62.1 Å². The Morgan fingerprint density at radius 1 is 1.23 bits per heavy atom. The van der Waals surface area contributed by atoms with Crippen LogP contribution in [0, 0.1) is 13.8 Å². The maximum absolute atomic E-state index is 13.4. The number of aromatic nitrogens is 2. The molecule has 0 spiro atoms. The van der Waals surface area contributed by atoms with E-state index in [1.54, 1.807) is 18.2 Å². The van der Waals surface area contributed by atoms with E-state index in [-0.39, 0.29) is 17.4 Å². The summed E-state index contributed by atoms with van der Waals surface area (Å²) in [6.07, 6.45) is 1.87. The Balaban J connectivity index is 1.70. The summed E-state index contributed by atoms with van der Waals surface area (Å²) in [6.45, 7) is 3.91. The number of thioether (sulfide) groups is 1. The lowest BCUT2D eigenvalue weighted by atomic mass is 10.1. The Morgan fingerprint density at radius 2 is 2.00 bits per heavy atom. The number of hydrogen-bond donors (Lipinski definition) is 2. The van der Waals surface area contributed by atoms with Crippen molar-refractivity contribution in [3.8, 4) is 5.69 Å². The third-order valence-corrected chi connectivity index (χ3v) is 6.29. The highest BCUT2D eigenvalue weighted by molar-refractivity contribution is 7.99. The van der Waals surface area contributed by atoms with Crippen molar-refractivity contribution < 1.29 is 9.59 Å². The van der Waals surface area contributed by atoms with E-state index in [0.29, 0.717) is 26.8 Å². The molecule has 1 fully saturated rings. The Hall–Kier alpha value is -2.84. The largest absolute Gasteiger partial charge is 0.335 e. The molecule has 0 bridgehead atoms. The molecule has 0 atom stereocenters. The van der Waals surface area contributed by atoms with Gasteiger partial charge in [0.1, 0.15) is 0 Å². The van der Waals surface area contributed by atoms with Crippen LogP contribution in [0.15, 0.2) is 46.3 Å². The minimum atomic E-state index is -0.502. The molecule has 2 aromatic carbocycles. The van der Waals surface area contributed by atoms with Crippen molar-refractivity contribution in [1.82, 2.24) is 20.2 Å². The second-order valence-corrected chi connectivity index (χ2v) is 8.88. The summed E-state index contributed by atoms with van der Waals surface area (Å²) >= 11 is 7.19. The first-order valence-corrected chi connectivity index (χ1v) is 11.2. The normalized spacial score (nSPS) is 13.3. The minimum absolute atomic E-state index is 0.0680. The molecule has 1 aliphatic rings.